The first kappa shape index (κ1) is 55.4. The highest BCUT2D eigenvalue weighted by atomic mass is 16.5. The number of carbonyl (C=O) groups excluding carboxylic acids is 7. The lowest BCUT2D eigenvalue weighted by molar-refractivity contribution is -0.149. The third-order valence-corrected chi connectivity index (χ3v) is 14.5. The number of ether oxygens (including phenoxy) is 2. The fourth-order valence-electron chi connectivity index (χ4n) is 10.0. The van der Waals surface area contributed by atoms with Gasteiger partial charge in [0.15, 0.2) is 0 Å². The molecule has 1 saturated heterocycles. The summed E-state index contributed by atoms with van der Waals surface area (Å²) in [5, 5.41) is 15.7. The van der Waals surface area contributed by atoms with Crippen molar-refractivity contribution in [3.05, 3.63) is 48.0 Å². The first-order valence-corrected chi connectivity index (χ1v) is 24.4. The molecule has 9 atom stereocenters. The molecule has 1 aromatic rings. The van der Waals surface area contributed by atoms with Crippen molar-refractivity contribution < 1.29 is 52.9 Å². The van der Waals surface area contributed by atoms with E-state index in [0.29, 0.717) is 38.6 Å². The minimum atomic E-state index is -1.16. The molecule has 0 bridgehead atoms. The highest BCUT2D eigenvalue weighted by Gasteiger charge is 2.56. The van der Waals surface area contributed by atoms with Crippen molar-refractivity contribution >= 4 is 47.3 Å². The van der Waals surface area contributed by atoms with Crippen molar-refractivity contribution in [1.29, 1.82) is 0 Å². The van der Waals surface area contributed by atoms with Crippen LogP contribution in [0.4, 0.5) is 0 Å². The quantitative estimate of drug-likeness (QED) is 0.0840. The average Bonchev–Trinajstić information content (AvgIpc) is 3.85. The lowest BCUT2D eigenvalue weighted by atomic mass is 9.89. The van der Waals surface area contributed by atoms with E-state index in [1.165, 1.54) is 36.2 Å². The molecule has 1 aromatic carbocycles. The van der Waals surface area contributed by atoms with Crippen molar-refractivity contribution in [1.82, 2.24) is 30.2 Å². The van der Waals surface area contributed by atoms with E-state index in [1.54, 1.807) is 43.0 Å². The number of unbranched alkanes of at least 4 members (excludes halogenated alkanes) is 2. The van der Waals surface area contributed by atoms with Gasteiger partial charge in [-0.05, 0) is 60.8 Å². The van der Waals surface area contributed by atoms with E-state index in [9.17, 15) is 43.5 Å². The summed E-state index contributed by atoms with van der Waals surface area (Å²) in [6.45, 7) is 13.8. The Morgan fingerprint density at radius 3 is 2.00 bits per heavy atom. The van der Waals surface area contributed by atoms with Crippen LogP contribution in [0, 0.1) is 29.1 Å². The first-order valence-electron chi connectivity index (χ1n) is 24.4. The number of nitrogens with one attached hydrogen (secondary N) is 2. The number of hydrogen-bond acceptors (Lipinski definition) is 10. The number of amides is 7. The molecule has 2 heterocycles. The van der Waals surface area contributed by atoms with Gasteiger partial charge in [0.2, 0.25) is 29.5 Å². The molecule has 2 fully saturated rings. The summed E-state index contributed by atoms with van der Waals surface area (Å²) in [6, 6.07) is 5.01. The minimum Gasteiger partial charge on any atom is -0.480 e. The Labute approximate surface area is 403 Å². The zero-order valence-electron chi connectivity index (χ0n) is 42.2. The Morgan fingerprint density at radius 2 is 1.47 bits per heavy atom. The average molecular weight is 951 g/mol. The van der Waals surface area contributed by atoms with Crippen molar-refractivity contribution in [2.24, 2.45) is 29.1 Å². The van der Waals surface area contributed by atoms with Gasteiger partial charge in [-0.2, -0.15) is 0 Å². The third kappa shape index (κ3) is 14.0. The standard InChI is InChI=1S/C51H78N6O11/c1-12-33(6)45(55(9)49(64)43(31(2)3)53-48(63)44(32(4)5)54(8)39(58)21-17-14-18-26-56-40(59)22-23-41(56)60)38(67-10)28-42(61)57-30-51(24-25-51)29-37(57)46(68-11)34(7)47(62)52-36(50(65)66)27-35-19-15-13-16-20-35/h13,15-16,19-20,22-23,31-34,36-38,43-46H,12,14,17-18,21,24-30H2,1-11H3,(H,52,62)(H,53,63)(H,65,66)/t33-,34+,36?,37?,38+,43?,44?,45-,46+/m0/s1. The van der Waals surface area contributed by atoms with E-state index < -0.39 is 66.1 Å². The molecule has 3 N–H and O–H groups in total. The number of aliphatic carboxylic acids is 1. The largest absolute Gasteiger partial charge is 0.480 e. The van der Waals surface area contributed by atoms with Crippen molar-refractivity contribution in [3.63, 3.8) is 0 Å². The number of rotatable bonds is 27. The number of benzene rings is 1. The Kier molecular flexibility index (Phi) is 20.3. The van der Waals surface area contributed by atoms with E-state index in [0.717, 1.165) is 18.4 Å². The minimum absolute atomic E-state index is 0.0718. The molecule has 3 aliphatic rings. The third-order valence-electron chi connectivity index (χ3n) is 14.5. The molecule has 0 aromatic heterocycles. The Morgan fingerprint density at radius 1 is 0.838 bits per heavy atom. The van der Waals surface area contributed by atoms with Crippen LogP contribution < -0.4 is 10.6 Å². The van der Waals surface area contributed by atoms with Gasteiger partial charge in [0, 0.05) is 66.4 Å². The number of imide groups is 1. The number of carboxylic acids is 1. The zero-order chi connectivity index (χ0) is 50.6. The van der Waals surface area contributed by atoms with E-state index in [-0.39, 0.29) is 78.5 Å². The SMILES string of the molecule is CC[C@H](C)[C@@H]([C@@H](CC(=O)N1CC2(CC2)CC1[C@H](OC)[C@@H](C)C(=O)NC(Cc1ccccc1)C(=O)O)OC)N(C)C(=O)C(NC(=O)C(C(C)C)N(C)C(=O)CCCCCN1C(=O)C=CC1=O)C(C)C. The molecule has 1 spiro atoms. The second-order valence-electron chi connectivity index (χ2n) is 20.1. The van der Waals surface area contributed by atoms with Gasteiger partial charge in [0.05, 0.1) is 36.6 Å². The van der Waals surface area contributed by atoms with Gasteiger partial charge in [-0.15, -0.1) is 0 Å². The van der Waals surface area contributed by atoms with Crippen molar-refractivity contribution in [2.75, 3.05) is 41.4 Å². The van der Waals surface area contributed by atoms with Gasteiger partial charge in [0.25, 0.3) is 11.8 Å². The maximum atomic E-state index is 14.7. The summed E-state index contributed by atoms with van der Waals surface area (Å²) in [5.74, 6) is -5.18. The summed E-state index contributed by atoms with van der Waals surface area (Å²) < 4.78 is 12.1. The second kappa shape index (κ2) is 24.9. The van der Waals surface area contributed by atoms with E-state index in [1.807, 2.05) is 59.7 Å². The van der Waals surface area contributed by atoms with Gasteiger partial charge in [-0.1, -0.05) is 91.6 Å². The van der Waals surface area contributed by atoms with Crippen LogP contribution in [0.1, 0.15) is 112 Å². The molecule has 1 saturated carbocycles. The Balaban J connectivity index is 1.45. The Bertz CT molecular complexity index is 1950. The lowest BCUT2D eigenvalue weighted by Crippen LogP contribution is -2.60. The molecule has 68 heavy (non-hydrogen) atoms. The molecule has 17 heteroatoms. The number of methoxy groups -OCH3 is 2. The first-order chi connectivity index (χ1) is 32.1. The fourth-order valence-corrected chi connectivity index (χ4v) is 10.0. The molecular weight excluding hydrogens is 873 g/mol. The second-order valence-corrected chi connectivity index (χ2v) is 20.1. The molecule has 4 rings (SSSR count). The fraction of sp³-hybridized carbons (Fsp3) is 0.686. The highest BCUT2D eigenvalue weighted by Crippen LogP contribution is 2.56. The highest BCUT2D eigenvalue weighted by molar-refractivity contribution is 6.12. The van der Waals surface area contributed by atoms with Gasteiger partial charge < -0.3 is 39.9 Å². The summed E-state index contributed by atoms with van der Waals surface area (Å²) >= 11 is 0. The Hall–Kier alpha value is -5.16. The van der Waals surface area contributed by atoms with Crippen LogP contribution in [0.2, 0.25) is 0 Å². The monoisotopic (exact) mass is 951 g/mol. The molecule has 0 radical (unpaired) electrons. The van der Waals surface area contributed by atoms with Crippen LogP contribution in [-0.2, 0) is 54.3 Å². The van der Waals surface area contributed by atoms with Crippen LogP contribution in [0.5, 0.6) is 0 Å². The van der Waals surface area contributed by atoms with Crippen molar-refractivity contribution in [3.8, 4) is 0 Å². The molecule has 1 aliphatic carbocycles. The number of carbonyl (C=O) groups is 8. The number of carboxylic acid groups (broad SMARTS) is 1. The van der Waals surface area contributed by atoms with Crippen LogP contribution >= 0.6 is 0 Å². The maximum absolute atomic E-state index is 14.7. The maximum Gasteiger partial charge on any atom is 0.326 e. The van der Waals surface area contributed by atoms with Gasteiger partial charge in [-0.25, -0.2) is 4.79 Å². The van der Waals surface area contributed by atoms with Crippen LogP contribution in [0.3, 0.4) is 0 Å². The van der Waals surface area contributed by atoms with Gasteiger partial charge in [0.1, 0.15) is 18.1 Å². The molecule has 2 aliphatic heterocycles. The van der Waals surface area contributed by atoms with Crippen LogP contribution in [-0.4, -0.2) is 156 Å². The summed E-state index contributed by atoms with van der Waals surface area (Å²) in [5.41, 5.74) is 0.672. The van der Waals surface area contributed by atoms with E-state index >= 15 is 0 Å². The van der Waals surface area contributed by atoms with E-state index in [4.69, 9.17) is 9.47 Å². The molecule has 17 nitrogen and oxygen atoms in total. The van der Waals surface area contributed by atoms with Crippen LogP contribution in [0.15, 0.2) is 42.5 Å². The molecular formula is C51H78N6O11. The summed E-state index contributed by atoms with van der Waals surface area (Å²) in [7, 11) is 6.27. The zero-order valence-corrected chi connectivity index (χ0v) is 42.2. The lowest BCUT2D eigenvalue weighted by Gasteiger charge is -2.41. The smallest absolute Gasteiger partial charge is 0.326 e. The molecule has 7 amide bonds. The number of nitrogens with zero attached hydrogens (tertiary/aromatic N) is 4. The van der Waals surface area contributed by atoms with Gasteiger partial charge in [-0.3, -0.25) is 38.5 Å². The molecule has 378 valence electrons. The van der Waals surface area contributed by atoms with Gasteiger partial charge >= 0.3 is 5.97 Å². The topological polar surface area (TPSA) is 212 Å². The number of likely N-dealkylation sites (tertiary alicyclic amines) is 1. The summed E-state index contributed by atoms with van der Waals surface area (Å²) in [4.78, 5) is 113. The predicted octanol–water partition coefficient (Wildman–Crippen LogP) is 4.22. The molecule has 4 unspecified atom stereocenters. The van der Waals surface area contributed by atoms with E-state index in [2.05, 4.69) is 10.6 Å². The number of hydrogen-bond donors (Lipinski definition) is 3. The number of likely N-dealkylation sites (N-methyl/N-ethyl adjacent to an activating group) is 2. The van der Waals surface area contributed by atoms with Crippen LogP contribution in [0.25, 0.3) is 0 Å². The normalized spacial score (nSPS) is 19.9. The predicted molar refractivity (Wildman–Crippen MR) is 255 cm³/mol. The van der Waals surface area contributed by atoms with Crippen molar-refractivity contribution in [2.45, 2.75) is 155 Å². The summed E-state index contributed by atoms with van der Waals surface area (Å²) in [6.07, 6.45) is 6.00.